The first-order valence-electron chi connectivity index (χ1n) is 9.76. The van der Waals surface area contributed by atoms with Gasteiger partial charge in [0.25, 0.3) is 5.91 Å². The van der Waals surface area contributed by atoms with Crippen LogP contribution in [0.3, 0.4) is 0 Å². The van der Waals surface area contributed by atoms with Crippen molar-refractivity contribution in [1.29, 1.82) is 0 Å². The Hall–Kier alpha value is -2.99. The molecule has 2 aromatic carbocycles. The second-order valence-corrected chi connectivity index (χ2v) is 8.23. The van der Waals surface area contributed by atoms with Gasteiger partial charge in [-0.1, -0.05) is 30.3 Å². The van der Waals surface area contributed by atoms with Gasteiger partial charge in [0.15, 0.2) is 0 Å². The molecule has 29 heavy (non-hydrogen) atoms. The number of thiazole rings is 1. The van der Waals surface area contributed by atoms with Gasteiger partial charge >= 0.3 is 0 Å². The van der Waals surface area contributed by atoms with Crippen molar-refractivity contribution in [3.8, 4) is 10.6 Å². The van der Waals surface area contributed by atoms with Crippen molar-refractivity contribution >= 4 is 28.1 Å². The molecule has 0 saturated carbocycles. The van der Waals surface area contributed by atoms with E-state index in [0.29, 0.717) is 35.3 Å². The molecule has 0 spiro atoms. The number of para-hydroxylation sites is 1. The zero-order valence-electron chi connectivity index (χ0n) is 15.8. The maximum Gasteiger partial charge on any atom is 0.273 e. The number of hydrogen-bond acceptors (Lipinski definition) is 3. The number of likely N-dealkylation sites (tertiary alicyclic amines) is 1. The van der Waals surface area contributed by atoms with Gasteiger partial charge in [0.05, 0.1) is 0 Å². The molecule has 0 atom stereocenters. The average molecular weight is 405 g/mol. The van der Waals surface area contributed by atoms with Crippen LogP contribution in [0.1, 0.15) is 34.8 Å². The Bertz CT molecular complexity index is 1170. The van der Waals surface area contributed by atoms with Crippen LogP contribution in [0.2, 0.25) is 0 Å². The summed E-state index contributed by atoms with van der Waals surface area (Å²) in [6, 6.07) is 14.9. The molecule has 1 aliphatic rings. The second kappa shape index (κ2) is 7.44. The summed E-state index contributed by atoms with van der Waals surface area (Å²) in [4.78, 5) is 22.5. The number of aromatic amines is 1. The van der Waals surface area contributed by atoms with Gasteiger partial charge in [-0.25, -0.2) is 9.37 Å². The average Bonchev–Trinajstić information content (AvgIpc) is 3.41. The number of H-pyrrole nitrogens is 1. The Morgan fingerprint density at radius 3 is 2.69 bits per heavy atom. The van der Waals surface area contributed by atoms with Crippen LogP contribution in [-0.4, -0.2) is 33.9 Å². The fourth-order valence-corrected chi connectivity index (χ4v) is 4.94. The summed E-state index contributed by atoms with van der Waals surface area (Å²) in [6.45, 7) is 1.41. The van der Waals surface area contributed by atoms with Crippen molar-refractivity contribution in [2.24, 2.45) is 0 Å². The maximum absolute atomic E-state index is 14.0. The van der Waals surface area contributed by atoms with Crippen molar-refractivity contribution in [2.75, 3.05) is 13.1 Å². The minimum Gasteiger partial charge on any atom is -0.361 e. The third-order valence-electron chi connectivity index (χ3n) is 5.67. The number of aromatic nitrogens is 2. The van der Waals surface area contributed by atoms with Crippen LogP contribution in [0, 0.1) is 5.82 Å². The molecule has 0 unspecified atom stereocenters. The van der Waals surface area contributed by atoms with E-state index in [4.69, 9.17) is 0 Å². The number of fused-ring (bicyclic) bond motifs is 1. The van der Waals surface area contributed by atoms with Crippen LogP contribution >= 0.6 is 11.3 Å². The topological polar surface area (TPSA) is 49.0 Å². The molecule has 0 radical (unpaired) electrons. The molecule has 1 saturated heterocycles. The number of hydrogen-bond donors (Lipinski definition) is 1. The number of amides is 1. The Morgan fingerprint density at radius 2 is 1.86 bits per heavy atom. The molecule has 1 amide bonds. The van der Waals surface area contributed by atoms with E-state index >= 15 is 0 Å². The minimum atomic E-state index is -0.319. The van der Waals surface area contributed by atoms with Crippen molar-refractivity contribution in [1.82, 2.24) is 14.9 Å². The summed E-state index contributed by atoms with van der Waals surface area (Å²) in [5.41, 5.74) is 3.33. The summed E-state index contributed by atoms with van der Waals surface area (Å²) in [7, 11) is 0. The molecule has 1 fully saturated rings. The maximum atomic E-state index is 14.0. The number of benzene rings is 2. The van der Waals surface area contributed by atoms with Gasteiger partial charge in [0.2, 0.25) is 0 Å². The SMILES string of the molecule is O=C(c1csc(-c2ccccc2F)n1)N1CCC(c2c[nH]c3ccccc23)CC1. The number of piperidine rings is 1. The highest BCUT2D eigenvalue weighted by molar-refractivity contribution is 7.13. The summed E-state index contributed by atoms with van der Waals surface area (Å²) < 4.78 is 14.0. The molecule has 0 aliphatic carbocycles. The number of nitrogens with zero attached hydrogens (tertiary/aromatic N) is 2. The van der Waals surface area contributed by atoms with Crippen LogP contribution in [0.25, 0.3) is 21.5 Å². The van der Waals surface area contributed by atoms with Crippen LogP contribution < -0.4 is 0 Å². The van der Waals surface area contributed by atoms with Crippen LogP contribution in [0.5, 0.6) is 0 Å². The fourth-order valence-electron chi connectivity index (χ4n) is 4.12. The van der Waals surface area contributed by atoms with E-state index in [1.165, 1.54) is 28.4 Å². The monoisotopic (exact) mass is 405 g/mol. The Kier molecular flexibility index (Phi) is 4.64. The number of nitrogens with one attached hydrogen (secondary N) is 1. The van der Waals surface area contributed by atoms with Crippen molar-refractivity contribution < 1.29 is 9.18 Å². The first-order chi connectivity index (χ1) is 14.2. The molecule has 1 aliphatic heterocycles. The Balaban J connectivity index is 1.29. The van der Waals surface area contributed by atoms with Crippen molar-refractivity contribution in [3.05, 3.63) is 77.2 Å². The summed E-state index contributed by atoms with van der Waals surface area (Å²) in [5.74, 6) is 0.0567. The lowest BCUT2D eigenvalue weighted by Gasteiger charge is -2.31. The number of carbonyl (C=O) groups is 1. The molecule has 6 heteroatoms. The van der Waals surface area contributed by atoms with E-state index in [-0.39, 0.29) is 11.7 Å². The first-order valence-corrected chi connectivity index (χ1v) is 10.6. The lowest BCUT2D eigenvalue weighted by molar-refractivity contribution is 0.0708. The minimum absolute atomic E-state index is 0.0683. The molecule has 3 heterocycles. The third-order valence-corrected chi connectivity index (χ3v) is 6.55. The number of carbonyl (C=O) groups excluding carboxylic acids is 1. The predicted octanol–water partition coefficient (Wildman–Crippen LogP) is 5.45. The highest BCUT2D eigenvalue weighted by Crippen LogP contribution is 2.34. The highest BCUT2D eigenvalue weighted by atomic mass is 32.1. The van der Waals surface area contributed by atoms with E-state index in [9.17, 15) is 9.18 Å². The zero-order chi connectivity index (χ0) is 19.8. The van der Waals surface area contributed by atoms with Crippen LogP contribution in [0.4, 0.5) is 4.39 Å². The second-order valence-electron chi connectivity index (χ2n) is 7.37. The van der Waals surface area contributed by atoms with E-state index in [1.807, 2.05) is 11.0 Å². The lowest BCUT2D eigenvalue weighted by atomic mass is 9.89. The molecular formula is C23H20FN3OS. The quantitative estimate of drug-likeness (QED) is 0.493. The molecule has 2 aromatic heterocycles. The summed E-state index contributed by atoms with van der Waals surface area (Å²) >= 11 is 1.31. The van der Waals surface area contributed by atoms with Crippen molar-refractivity contribution in [3.63, 3.8) is 0 Å². The molecule has 146 valence electrons. The molecule has 5 rings (SSSR count). The van der Waals surface area contributed by atoms with Gasteiger partial charge in [-0.3, -0.25) is 4.79 Å². The van der Waals surface area contributed by atoms with E-state index in [0.717, 1.165) is 18.4 Å². The lowest BCUT2D eigenvalue weighted by Crippen LogP contribution is -2.38. The van der Waals surface area contributed by atoms with Gasteiger partial charge in [-0.05, 0) is 42.5 Å². The molecule has 0 bridgehead atoms. The van der Waals surface area contributed by atoms with Gasteiger partial charge in [0, 0.05) is 41.1 Å². The largest absolute Gasteiger partial charge is 0.361 e. The van der Waals surface area contributed by atoms with Crippen LogP contribution in [-0.2, 0) is 0 Å². The van der Waals surface area contributed by atoms with E-state index in [2.05, 4.69) is 34.4 Å². The predicted molar refractivity (Wildman–Crippen MR) is 114 cm³/mol. The number of rotatable bonds is 3. The number of halogens is 1. The molecule has 1 N–H and O–H groups in total. The van der Waals surface area contributed by atoms with Gasteiger partial charge in [0.1, 0.15) is 16.5 Å². The highest BCUT2D eigenvalue weighted by Gasteiger charge is 2.27. The molecule has 4 nitrogen and oxygen atoms in total. The van der Waals surface area contributed by atoms with Crippen LogP contribution in [0.15, 0.2) is 60.1 Å². The van der Waals surface area contributed by atoms with E-state index < -0.39 is 0 Å². The van der Waals surface area contributed by atoms with Gasteiger partial charge in [-0.2, -0.15) is 0 Å². The zero-order valence-corrected chi connectivity index (χ0v) is 16.6. The fraction of sp³-hybridized carbons (Fsp3) is 0.217. The smallest absolute Gasteiger partial charge is 0.273 e. The Morgan fingerprint density at radius 1 is 1.10 bits per heavy atom. The molecular weight excluding hydrogens is 385 g/mol. The Labute approximate surface area is 172 Å². The van der Waals surface area contributed by atoms with E-state index in [1.54, 1.807) is 23.6 Å². The molecule has 4 aromatic rings. The standard InChI is InChI=1S/C23H20FN3OS/c24-19-7-3-1-6-17(19)22-26-21(14-29-22)23(28)27-11-9-15(10-12-27)18-13-25-20-8-4-2-5-16(18)20/h1-8,13-15,25H,9-12H2. The summed E-state index contributed by atoms with van der Waals surface area (Å²) in [5, 5.41) is 3.54. The first kappa shape index (κ1) is 18.1. The third kappa shape index (κ3) is 3.34. The van der Waals surface area contributed by atoms with Gasteiger partial charge < -0.3 is 9.88 Å². The van der Waals surface area contributed by atoms with Gasteiger partial charge in [-0.15, -0.1) is 11.3 Å². The summed E-state index contributed by atoms with van der Waals surface area (Å²) in [6.07, 6.45) is 3.96. The normalized spacial score (nSPS) is 15.1. The van der Waals surface area contributed by atoms with Crippen molar-refractivity contribution in [2.45, 2.75) is 18.8 Å².